The maximum Gasteiger partial charge on any atom is 0.252 e. The van der Waals surface area contributed by atoms with E-state index in [1.165, 1.54) is 0 Å². The minimum absolute atomic E-state index is 0.0824. The molecule has 0 aliphatic heterocycles. The molecule has 164 valence electrons. The minimum Gasteiger partial charge on any atom is -0.494 e. The number of aromatic nitrogens is 2. The van der Waals surface area contributed by atoms with Crippen LogP contribution >= 0.6 is 0 Å². The number of para-hydroxylation sites is 3. The third-order valence-electron chi connectivity index (χ3n) is 5.58. The fourth-order valence-corrected chi connectivity index (χ4v) is 4.00. The van der Waals surface area contributed by atoms with Crippen molar-refractivity contribution in [1.82, 2.24) is 14.9 Å². The van der Waals surface area contributed by atoms with Gasteiger partial charge >= 0.3 is 0 Å². The first-order valence-electron chi connectivity index (χ1n) is 11.0. The molecule has 0 spiro atoms. The van der Waals surface area contributed by atoms with Crippen LogP contribution in [0.3, 0.4) is 0 Å². The van der Waals surface area contributed by atoms with E-state index in [4.69, 9.17) is 9.72 Å². The Kier molecular flexibility index (Phi) is 6.55. The Morgan fingerprint density at radius 1 is 1.03 bits per heavy atom. The molecular weight excluding hydrogens is 398 g/mol. The molecule has 0 aliphatic rings. The van der Waals surface area contributed by atoms with Gasteiger partial charge in [0.25, 0.3) is 5.91 Å². The molecule has 5 nitrogen and oxygen atoms in total. The van der Waals surface area contributed by atoms with Crippen molar-refractivity contribution in [1.29, 1.82) is 0 Å². The van der Waals surface area contributed by atoms with E-state index in [1.54, 1.807) is 0 Å². The van der Waals surface area contributed by atoms with Crippen molar-refractivity contribution in [3.05, 3.63) is 95.3 Å². The summed E-state index contributed by atoms with van der Waals surface area (Å²) < 4.78 is 8.05. The zero-order valence-corrected chi connectivity index (χ0v) is 18.8. The summed E-state index contributed by atoms with van der Waals surface area (Å²) in [6.45, 7) is 7.35. The second-order valence-electron chi connectivity index (χ2n) is 8.14. The number of hydrogen-bond acceptors (Lipinski definition) is 3. The fraction of sp³-hybridized carbons (Fsp3) is 0.259. The summed E-state index contributed by atoms with van der Waals surface area (Å²) >= 11 is 0. The largest absolute Gasteiger partial charge is 0.494 e. The summed E-state index contributed by atoms with van der Waals surface area (Å²) in [6, 6.07) is 23.6. The first-order valence-corrected chi connectivity index (χ1v) is 11.0. The van der Waals surface area contributed by atoms with Gasteiger partial charge in [0.15, 0.2) is 0 Å². The maximum absolute atomic E-state index is 12.9. The van der Waals surface area contributed by atoms with Gasteiger partial charge < -0.3 is 14.6 Å². The number of fused-ring (bicyclic) bond motifs is 1. The number of nitrogens with one attached hydrogen (secondary N) is 1. The van der Waals surface area contributed by atoms with Gasteiger partial charge in [0.1, 0.15) is 11.6 Å². The summed E-state index contributed by atoms with van der Waals surface area (Å²) in [5.41, 5.74) is 4.81. The smallest absolute Gasteiger partial charge is 0.252 e. The van der Waals surface area contributed by atoms with E-state index in [-0.39, 0.29) is 11.9 Å². The van der Waals surface area contributed by atoms with Gasteiger partial charge in [-0.15, -0.1) is 0 Å². The predicted octanol–water partition coefficient (Wildman–Crippen LogP) is 5.61. The molecule has 4 aromatic rings. The van der Waals surface area contributed by atoms with Crippen LogP contribution in [0.2, 0.25) is 0 Å². The second kappa shape index (κ2) is 9.69. The molecule has 1 unspecified atom stereocenters. The molecule has 3 aromatic carbocycles. The normalized spacial score (nSPS) is 12.0. The third-order valence-corrected chi connectivity index (χ3v) is 5.58. The van der Waals surface area contributed by atoms with Crippen LogP contribution < -0.4 is 10.1 Å². The Morgan fingerprint density at radius 3 is 2.56 bits per heavy atom. The fourth-order valence-electron chi connectivity index (χ4n) is 4.00. The molecule has 0 saturated heterocycles. The standard InChI is InChI=1S/C27H29N3O2/c1-19-14-15-23(20(2)18-19)27(31)28-21(3)26-29-24-12-7-8-13-25(24)30(26)16-9-17-32-22-10-5-4-6-11-22/h4-8,10-15,18,21H,9,16-17H2,1-3H3,(H,28,31). The summed E-state index contributed by atoms with van der Waals surface area (Å²) in [4.78, 5) is 17.8. The molecule has 1 amide bonds. The van der Waals surface area contributed by atoms with Crippen LogP contribution in [0.15, 0.2) is 72.8 Å². The molecule has 0 saturated carbocycles. The number of imidazole rings is 1. The van der Waals surface area contributed by atoms with Crippen LogP contribution in [0.25, 0.3) is 11.0 Å². The Labute approximate surface area is 189 Å². The SMILES string of the molecule is Cc1ccc(C(=O)NC(C)c2nc3ccccc3n2CCCOc2ccccc2)c(C)c1. The molecule has 0 bridgehead atoms. The molecule has 1 heterocycles. The highest BCUT2D eigenvalue weighted by atomic mass is 16.5. The highest BCUT2D eigenvalue weighted by Crippen LogP contribution is 2.22. The number of carbonyl (C=O) groups excluding carboxylic acids is 1. The number of hydrogen-bond donors (Lipinski definition) is 1. The number of aryl methyl sites for hydroxylation is 3. The van der Waals surface area contributed by atoms with Gasteiger partial charge in [0.05, 0.1) is 23.7 Å². The zero-order chi connectivity index (χ0) is 22.5. The molecule has 4 rings (SSSR count). The Hall–Kier alpha value is -3.60. The minimum atomic E-state index is -0.231. The van der Waals surface area contributed by atoms with E-state index in [2.05, 4.69) is 16.0 Å². The van der Waals surface area contributed by atoms with Gasteiger partial charge in [-0.25, -0.2) is 4.98 Å². The van der Waals surface area contributed by atoms with Gasteiger partial charge in [0.2, 0.25) is 0 Å². The monoisotopic (exact) mass is 427 g/mol. The quantitative estimate of drug-likeness (QED) is 0.372. The average molecular weight is 428 g/mol. The number of amides is 1. The maximum atomic E-state index is 12.9. The number of nitrogens with zero attached hydrogens (tertiary/aromatic N) is 2. The van der Waals surface area contributed by atoms with E-state index < -0.39 is 0 Å². The highest BCUT2D eigenvalue weighted by molar-refractivity contribution is 5.96. The zero-order valence-electron chi connectivity index (χ0n) is 18.8. The van der Waals surface area contributed by atoms with Gasteiger partial charge in [-0.1, -0.05) is 48.0 Å². The first-order chi connectivity index (χ1) is 15.5. The van der Waals surface area contributed by atoms with Crippen LogP contribution in [0.1, 0.15) is 46.7 Å². The molecule has 5 heteroatoms. The molecular formula is C27H29N3O2. The summed E-state index contributed by atoms with van der Waals surface area (Å²) in [7, 11) is 0. The number of benzene rings is 3. The Bertz CT molecular complexity index is 1210. The van der Waals surface area contributed by atoms with Crippen LogP contribution in [-0.4, -0.2) is 22.1 Å². The van der Waals surface area contributed by atoms with Gasteiger partial charge in [0, 0.05) is 12.1 Å². The van der Waals surface area contributed by atoms with E-state index >= 15 is 0 Å². The molecule has 32 heavy (non-hydrogen) atoms. The summed E-state index contributed by atoms with van der Waals surface area (Å²) in [5, 5.41) is 3.14. The van der Waals surface area contributed by atoms with Crippen LogP contribution in [0.5, 0.6) is 5.75 Å². The van der Waals surface area contributed by atoms with Crippen molar-refractivity contribution in [3.8, 4) is 5.75 Å². The summed E-state index contributed by atoms with van der Waals surface area (Å²) in [5.74, 6) is 1.64. The third kappa shape index (κ3) is 4.83. The molecule has 0 aliphatic carbocycles. The Balaban J connectivity index is 1.50. The predicted molar refractivity (Wildman–Crippen MR) is 128 cm³/mol. The van der Waals surface area contributed by atoms with Crippen LogP contribution in [-0.2, 0) is 6.54 Å². The van der Waals surface area contributed by atoms with E-state index in [0.29, 0.717) is 12.2 Å². The second-order valence-corrected chi connectivity index (χ2v) is 8.14. The van der Waals surface area contributed by atoms with Crippen molar-refractivity contribution in [2.75, 3.05) is 6.61 Å². The molecule has 0 fully saturated rings. The number of rotatable bonds is 8. The molecule has 0 radical (unpaired) electrons. The van der Waals surface area contributed by atoms with Crippen LogP contribution in [0, 0.1) is 13.8 Å². The average Bonchev–Trinajstić information content (AvgIpc) is 3.16. The lowest BCUT2D eigenvalue weighted by Gasteiger charge is -2.17. The van der Waals surface area contributed by atoms with Crippen LogP contribution in [0.4, 0.5) is 0 Å². The van der Waals surface area contributed by atoms with Crippen molar-refractivity contribution < 1.29 is 9.53 Å². The topological polar surface area (TPSA) is 56.2 Å². The summed E-state index contributed by atoms with van der Waals surface area (Å²) in [6.07, 6.45) is 0.833. The van der Waals surface area contributed by atoms with E-state index in [0.717, 1.165) is 46.7 Å². The van der Waals surface area contributed by atoms with Gasteiger partial charge in [-0.3, -0.25) is 4.79 Å². The van der Waals surface area contributed by atoms with Crippen molar-refractivity contribution in [2.24, 2.45) is 0 Å². The number of carbonyl (C=O) groups is 1. The first kappa shape index (κ1) is 21.6. The highest BCUT2D eigenvalue weighted by Gasteiger charge is 2.19. The van der Waals surface area contributed by atoms with E-state index in [9.17, 15) is 4.79 Å². The van der Waals surface area contributed by atoms with Gasteiger partial charge in [-0.05, 0) is 63.1 Å². The Morgan fingerprint density at radius 2 is 1.78 bits per heavy atom. The van der Waals surface area contributed by atoms with Crippen molar-refractivity contribution in [2.45, 2.75) is 39.8 Å². The molecule has 1 N–H and O–H groups in total. The molecule has 1 atom stereocenters. The van der Waals surface area contributed by atoms with Gasteiger partial charge in [-0.2, -0.15) is 0 Å². The van der Waals surface area contributed by atoms with E-state index in [1.807, 2.05) is 87.5 Å². The number of ether oxygens (including phenoxy) is 1. The lowest BCUT2D eigenvalue weighted by molar-refractivity contribution is 0.0937. The van der Waals surface area contributed by atoms with Crippen molar-refractivity contribution >= 4 is 16.9 Å². The molecule has 1 aromatic heterocycles. The lowest BCUT2D eigenvalue weighted by Crippen LogP contribution is -2.29. The lowest BCUT2D eigenvalue weighted by atomic mass is 10.0. The van der Waals surface area contributed by atoms with Crippen molar-refractivity contribution in [3.63, 3.8) is 0 Å².